The highest BCUT2D eigenvalue weighted by Gasteiger charge is 2.23. The van der Waals surface area contributed by atoms with Gasteiger partial charge in [0, 0.05) is 10.9 Å². The van der Waals surface area contributed by atoms with Crippen molar-refractivity contribution in [2.75, 3.05) is 25.1 Å². The molecule has 0 radical (unpaired) electrons. The van der Waals surface area contributed by atoms with E-state index in [2.05, 4.69) is 10.3 Å². The van der Waals surface area contributed by atoms with E-state index < -0.39 is 6.10 Å². The molecule has 1 N–H and O–H groups in total. The highest BCUT2D eigenvalue weighted by molar-refractivity contribution is 7.14. The van der Waals surface area contributed by atoms with Crippen LogP contribution >= 0.6 is 11.3 Å². The van der Waals surface area contributed by atoms with Crippen molar-refractivity contribution in [3.05, 3.63) is 23.0 Å². The summed E-state index contributed by atoms with van der Waals surface area (Å²) in [5.74, 6) is 1.43. The van der Waals surface area contributed by atoms with E-state index in [-0.39, 0.29) is 12.5 Å². The maximum Gasteiger partial charge on any atom is 0.257 e. The summed E-state index contributed by atoms with van der Waals surface area (Å²) in [7, 11) is 0. The Bertz CT molecular complexity index is 643. The second-order valence-corrected chi connectivity index (χ2v) is 5.65. The molecule has 0 aliphatic carbocycles. The van der Waals surface area contributed by atoms with Gasteiger partial charge in [0.1, 0.15) is 11.5 Å². The van der Waals surface area contributed by atoms with Crippen molar-refractivity contribution in [3.8, 4) is 11.3 Å². The minimum Gasteiger partial charge on any atom is -0.466 e. The zero-order chi connectivity index (χ0) is 14.8. The molecule has 0 aromatic carbocycles. The van der Waals surface area contributed by atoms with Crippen molar-refractivity contribution >= 4 is 22.4 Å². The Labute approximate surface area is 126 Å². The molecule has 21 heavy (non-hydrogen) atoms. The third kappa shape index (κ3) is 3.15. The van der Waals surface area contributed by atoms with Gasteiger partial charge in [0.15, 0.2) is 11.2 Å². The second-order valence-electron chi connectivity index (χ2n) is 4.79. The summed E-state index contributed by atoms with van der Waals surface area (Å²) in [6, 6.07) is 1.94. The number of nitrogens with zero attached hydrogens (tertiary/aromatic N) is 1. The molecule has 2 aromatic rings. The van der Waals surface area contributed by atoms with E-state index in [0.29, 0.717) is 18.3 Å². The quantitative estimate of drug-likeness (QED) is 0.942. The van der Waals surface area contributed by atoms with Gasteiger partial charge in [0.05, 0.1) is 25.5 Å². The molecular formula is C14H16N2O4S. The van der Waals surface area contributed by atoms with E-state index in [9.17, 15) is 4.79 Å². The van der Waals surface area contributed by atoms with Crippen LogP contribution in [0.2, 0.25) is 0 Å². The number of hydrogen-bond acceptors (Lipinski definition) is 6. The number of thiazole rings is 1. The molecule has 0 saturated carbocycles. The van der Waals surface area contributed by atoms with Crippen LogP contribution < -0.4 is 5.32 Å². The Balaban J connectivity index is 1.70. The third-order valence-electron chi connectivity index (χ3n) is 3.16. The highest BCUT2D eigenvalue weighted by atomic mass is 32.1. The van der Waals surface area contributed by atoms with Gasteiger partial charge in [-0.3, -0.25) is 10.1 Å². The topological polar surface area (TPSA) is 73.6 Å². The van der Waals surface area contributed by atoms with Crippen molar-refractivity contribution in [1.82, 2.24) is 4.98 Å². The zero-order valence-electron chi connectivity index (χ0n) is 11.8. The SMILES string of the molecule is Cc1cc(-c2csc(NC(=O)[C@H]3COCCO3)n2)c(C)o1. The lowest BCUT2D eigenvalue weighted by Gasteiger charge is -2.21. The Morgan fingerprint density at radius 2 is 2.29 bits per heavy atom. The van der Waals surface area contributed by atoms with Crippen LogP contribution in [0.15, 0.2) is 15.9 Å². The molecule has 1 aliphatic heterocycles. The van der Waals surface area contributed by atoms with Gasteiger partial charge in [-0.05, 0) is 19.9 Å². The van der Waals surface area contributed by atoms with Gasteiger partial charge in [0.2, 0.25) is 0 Å². The average molecular weight is 308 g/mol. The summed E-state index contributed by atoms with van der Waals surface area (Å²) in [4.78, 5) is 16.4. The summed E-state index contributed by atoms with van der Waals surface area (Å²) >= 11 is 1.37. The minimum absolute atomic E-state index is 0.226. The first-order valence-corrected chi connectivity index (χ1v) is 7.54. The van der Waals surface area contributed by atoms with E-state index in [4.69, 9.17) is 13.9 Å². The van der Waals surface area contributed by atoms with Crippen LogP contribution in [0, 0.1) is 13.8 Å². The molecule has 1 atom stereocenters. The largest absolute Gasteiger partial charge is 0.466 e. The van der Waals surface area contributed by atoms with Crippen LogP contribution in [0.5, 0.6) is 0 Å². The molecule has 112 valence electrons. The lowest BCUT2D eigenvalue weighted by molar-refractivity contribution is -0.142. The van der Waals surface area contributed by atoms with Gasteiger partial charge >= 0.3 is 0 Å². The fourth-order valence-corrected chi connectivity index (χ4v) is 2.88. The number of aryl methyl sites for hydroxylation is 2. The smallest absolute Gasteiger partial charge is 0.257 e. The van der Waals surface area contributed by atoms with Crippen molar-refractivity contribution in [1.29, 1.82) is 0 Å². The summed E-state index contributed by atoms with van der Waals surface area (Å²) in [5, 5.41) is 5.20. The third-order valence-corrected chi connectivity index (χ3v) is 3.92. The number of hydrogen-bond donors (Lipinski definition) is 1. The number of anilines is 1. The van der Waals surface area contributed by atoms with Gasteiger partial charge in [-0.15, -0.1) is 11.3 Å². The number of amides is 1. The molecule has 1 fully saturated rings. The predicted molar refractivity (Wildman–Crippen MR) is 78.5 cm³/mol. The predicted octanol–water partition coefficient (Wildman–Crippen LogP) is 2.37. The summed E-state index contributed by atoms with van der Waals surface area (Å²) in [6.45, 7) is 5.04. The first-order valence-electron chi connectivity index (χ1n) is 6.66. The standard InChI is InChI=1S/C14H16N2O4S/c1-8-5-10(9(2)20-8)11-7-21-14(15-11)16-13(17)12-6-18-3-4-19-12/h5,7,12H,3-4,6H2,1-2H3,(H,15,16,17)/t12-/m1/s1. The molecule has 1 aliphatic rings. The Hall–Kier alpha value is -1.70. The lowest BCUT2D eigenvalue weighted by atomic mass is 10.2. The monoisotopic (exact) mass is 308 g/mol. The van der Waals surface area contributed by atoms with Crippen molar-refractivity contribution in [2.45, 2.75) is 20.0 Å². The van der Waals surface area contributed by atoms with Crippen LogP contribution in [0.1, 0.15) is 11.5 Å². The molecule has 0 unspecified atom stereocenters. The summed E-state index contributed by atoms with van der Waals surface area (Å²) in [6.07, 6.45) is -0.566. The van der Waals surface area contributed by atoms with Crippen LogP contribution in [-0.4, -0.2) is 36.8 Å². The Morgan fingerprint density at radius 1 is 1.43 bits per heavy atom. The minimum atomic E-state index is -0.566. The first kappa shape index (κ1) is 14.2. The molecule has 7 heteroatoms. The number of furan rings is 1. The van der Waals surface area contributed by atoms with E-state index in [1.54, 1.807) is 0 Å². The molecule has 3 rings (SSSR count). The van der Waals surface area contributed by atoms with Gasteiger partial charge < -0.3 is 13.9 Å². The number of carbonyl (C=O) groups is 1. The summed E-state index contributed by atoms with van der Waals surface area (Å²) in [5.41, 5.74) is 1.74. The van der Waals surface area contributed by atoms with Gasteiger partial charge in [0.25, 0.3) is 5.91 Å². The number of carbonyl (C=O) groups excluding carboxylic acids is 1. The highest BCUT2D eigenvalue weighted by Crippen LogP contribution is 2.29. The van der Waals surface area contributed by atoms with Crippen LogP contribution in [0.25, 0.3) is 11.3 Å². The van der Waals surface area contributed by atoms with Crippen molar-refractivity contribution in [3.63, 3.8) is 0 Å². The molecule has 1 amide bonds. The average Bonchev–Trinajstić information content (AvgIpc) is 3.06. The summed E-state index contributed by atoms with van der Waals surface area (Å²) < 4.78 is 16.1. The van der Waals surface area contributed by atoms with Gasteiger partial charge in [-0.25, -0.2) is 4.98 Å². The Morgan fingerprint density at radius 3 is 2.95 bits per heavy atom. The van der Waals surface area contributed by atoms with Crippen LogP contribution in [-0.2, 0) is 14.3 Å². The number of aromatic nitrogens is 1. The molecular weight excluding hydrogens is 292 g/mol. The zero-order valence-corrected chi connectivity index (χ0v) is 12.7. The van der Waals surface area contributed by atoms with Crippen molar-refractivity contribution in [2.24, 2.45) is 0 Å². The normalized spacial score (nSPS) is 18.7. The van der Waals surface area contributed by atoms with Gasteiger partial charge in [-0.2, -0.15) is 0 Å². The van der Waals surface area contributed by atoms with Gasteiger partial charge in [-0.1, -0.05) is 0 Å². The maximum atomic E-state index is 12.0. The Kier molecular flexibility index (Phi) is 4.05. The molecule has 0 bridgehead atoms. The molecule has 0 spiro atoms. The van der Waals surface area contributed by atoms with E-state index >= 15 is 0 Å². The molecule has 6 nitrogen and oxygen atoms in total. The second kappa shape index (κ2) is 5.97. The van der Waals surface area contributed by atoms with E-state index in [1.165, 1.54) is 11.3 Å². The number of ether oxygens (including phenoxy) is 2. The first-order chi connectivity index (χ1) is 10.1. The number of nitrogens with one attached hydrogen (secondary N) is 1. The van der Waals surface area contributed by atoms with E-state index in [0.717, 1.165) is 22.8 Å². The van der Waals surface area contributed by atoms with Crippen molar-refractivity contribution < 1.29 is 18.7 Å². The van der Waals surface area contributed by atoms with E-state index in [1.807, 2.05) is 25.3 Å². The molecule has 2 aromatic heterocycles. The van der Waals surface area contributed by atoms with Crippen LogP contribution in [0.3, 0.4) is 0 Å². The molecule has 3 heterocycles. The lowest BCUT2D eigenvalue weighted by Crippen LogP contribution is -2.39. The fourth-order valence-electron chi connectivity index (χ4n) is 2.17. The number of rotatable bonds is 3. The fraction of sp³-hybridized carbons (Fsp3) is 0.429. The maximum absolute atomic E-state index is 12.0. The molecule has 1 saturated heterocycles. The van der Waals surface area contributed by atoms with Crippen LogP contribution in [0.4, 0.5) is 5.13 Å².